The lowest BCUT2D eigenvalue weighted by Gasteiger charge is -2.07. The van der Waals surface area contributed by atoms with Crippen LogP contribution in [-0.2, 0) is 9.53 Å². The Labute approximate surface area is 75.8 Å². The summed E-state index contributed by atoms with van der Waals surface area (Å²) in [6.45, 7) is 0.441. The Hall–Kier alpha value is -1.26. The molecule has 2 rings (SSSR count). The first-order valence-corrected chi connectivity index (χ1v) is 4.48. The minimum absolute atomic E-state index is 0.0241. The summed E-state index contributed by atoms with van der Waals surface area (Å²) in [5.74, 6) is -0.0241. The standard InChI is InChI=1S/C8H12N2O3/c11-7(10-5-1-2-5)3-6-4-9-8(12)13-6/h5-6H,1-4H2,(H,9,12)(H,10,11). The third kappa shape index (κ3) is 2.34. The fraction of sp³-hybridized carbons (Fsp3) is 0.750. The Morgan fingerprint density at radius 3 is 2.92 bits per heavy atom. The highest BCUT2D eigenvalue weighted by molar-refractivity contribution is 5.78. The van der Waals surface area contributed by atoms with Crippen LogP contribution in [0.25, 0.3) is 0 Å². The number of cyclic esters (lactones) is 1. The van der Waals surface area contributed by atoms with Crippen LogP contribution >= 0.6 is 0 Å². The van der Waals surface area contributed by atoms with Crippen molar-refractivity contribution in [2.75, 3.05) is 6.54 Å². The number of carbonyl (C=O) groups is 2. The van der Waals surface area contributed by atoms with Gasteiger partial charge >= 0.3 is 6.09 Å². The summed E-state index contributed by atoms with van der Waals surface area (Å²) in [5.41, 5.74) is 0. The monoisotopic (exact) mass is 184 g/mol. The lowest BCUT2D eigenvalue weighted by Crippen LogP contribution is -2.30. The minimum Gasteiger partial charge on any atom is -0.444 e. The van der Waals surface area contributed by atoms with Gasteiger partial charge in [-0.25, -0.2) is 4.79 Å². The molecular formula is C8H12N2O3. The average molecular weight is 184 g/mol. The van der Waals surface area contributed by atoms with Crippen molar-refractivity contribution in [2.45, 2.75) is 31.4 Å². The van der Waals surface area contributed by atoms with Crippen LogP contribution in [0.1, 0.15) is 19.3 Å². The summed E-state index contributed by atoms with van der Waals surface area (Å²) in [4.78, 5) is 21.8. The zero-order valence-electron chi connectivity index (χ0n) is 7.21. The second-order valence-corrected chi connectivity index (χ2v) is 3.45. The molecule has 0 bridgehead atoms. The van der Waals surface area contributed by atoms with Gasteiger partial charge in [0.25, 0.3) is 0 Å². The predicted molar refractivity (Wildman–Crippen MR) is 44.1 cm³/mol. The summed E-state index contributed by atoms with van der Waals surface area (Å²) in [6, 6.07) is 0.373. The second kappa shape index (κ2) is 3.24. The van der Waals surface area contributed by atoms with Gasteiger partial charge in [-0.15, -0.1) is 0 Å². The van der Waals surface area contributed by atoms with Gasteiger partial charge < -0.3 is 15.4 Å². The summed E-state index contributed by atoms with van der Waals surface area (Å²) in [5, 5.41) is 5.34. The first kappa shape index (κ1) is 8.34. The van der Waals surface area contributed by atoms with Crippen molar-refractivity contribution >= 4 is 12.0 Å². The van der Waals surface area contributed by atoms with Gasteiger partial charge in [0.1, 0.15) is 6.10 Å². The van der Waals surface area contributed by atoms with Crippen LogP contribution < -0.4 is 10.6 Å². The maximum absolute atomic E-state index is 11.2. The van der Waals surface area contributed by atoms with E-state index < -0.39 is 6.09 Å². The van der Waals surface area contributed by atoms with Crippen LogP contribution in [0.2, 0.25) is 0 Å². The molecule has 0 radical (unpaired) electrons. The molecule has 72 valence electrons. The van der Waals surface area contributed by atoms with E-state index in [-0.39, 0.29) is 18.4 Å². The number of hydrogen-bond donors (Lipinski definition) is 2. The van der Waals surface area contributed by atoms with Gasteiger partial charge in [-0.2, -0.15) is 0 Å². The number of nitrogens with one attached hydrogen (secondary N) is 2. The van der Waals surface area contributed by atoms with Crippen LogP contribution in [0.15, 0.2) is 0 Å². The van der Waals surface area contributed by atoms with Gasteiger partial charge in [0, 0.05) is 6.04 Å². The van der Waals surface area contributed by atoms with Gasteiger partial charge in [-0.1, -0.05) is 0 Å². The van der Waals surface area contributed by atoms with E-state index in [9.17, 15) is 9.59 Å². The number of ether oxygens (including phenoxy) is 1. The fourth-order valence-electron chi connectivity index (χ4n) is 1.27. The predicted octanol–water partition coefficient (Wildman–Crippen LogP) is -0.237. The molecule has 5 heteroatoms. The Kier molecular flexibility index (Phi) is 2.08. The minimum atomic E-state index is -0.427. The normalized spacial score (nSPS) is 26.5. The van der Waals surface area contributed by atoms with Crippen molar-refractivity contribution in [2.24, 2.45) is 0 Å². The Morgan fingerprint density at radius 2 is 2.38 bits per heavy atom. The highest BCUT2D eigenvalue weighted by Gasteiger charge is 2.28. The fourth-order valence-corrected chi connectivity index (χ4v) is 1.27. The van der Waals surface area contributed by atoms with Crippen molar-refractivity contribution in [1.82, 2.24) is 10.6 Å². The lowest BCUT2D eigenvalue weighted by atomic mass is 10.2. The molecule has 1 saturated carbocycles. The molecule has 2 fully saturated rings. The van der Waals surface area contributed by atoms with E-state index in [0.717, 1.165) is 12.8 Å². The quantitative estimate of drug-likeness (QED) is 0.636. The Morgan fingerprint density at radius 1 is 1.62 bits per heavy atom. The number of rotatable bonds is 3. The molecule has 0 aromatic rings. The maximum Gasteiger partial charge on any atom is 0.407 e. The van der Waals surface area contributed by atoms with Gasteiger partial charge in [0.15, 0.2) is 0 Å². The molecule has 5 nitrogen and oxygen atoms in total. The van der Waals surface area contributed by atoms with Crippen molar-refractivity contribution in [3.63, 3.8) is 0 Å². The number of amides is 2. The topological polar surface area (TPSA) is 67.4 Å². The molecule has 2 N–H and O–H groups in total. The van der Waals surface area contributed by atoms with E-state index in [2.05, 4.69) is 10.6 Å². The largest absolute Gasteiger partial charge is 0.444 e. The second-order valence-electron chi connectivity index (χ2n) is 3.45. The molecule has 13 heavy (non-hydrogen) atoms. The van der Waals surface area contributed by atoms with Crippen LogP contribution in [0, 0.1) is 0 Å². The molecular weight excluding hydrogens is 172 g/mol. The van der Waals surface area contributed by atoms with Gasteiger partial charge in [0.05, 0.1) is 13.0 Å². The van der Waals surface area contributed by atoms with Crippen molar-refractivity contribution in [3.05, 3.63) is 0 Å². The molecule has 0 spiro atoms. The Bertz CT molecular complexity index is 238. The van der Waals surface area contributed by atoms with E-state index in [1.54, 1.807) is 0 Å². The van der Waals surface area contributed by atoms with Crippen LogP contribution in [0.4, 0.5) is 4.79 Å². The van der Waals surface area contributed by atoms with Gasteiger partial charge in [-0.05, 0) is 12.8 Å². The number of carbonyl (C=O) groups excluding carboxylic acids is 2. The third-order valence-electron chi connectivity index (χ3n) is 2.10. The first-order valence-electron chi connectivity index (χ1n) is 4.48. The number of alkyl carbamates (subject to hydrolysis) is 1. The van der Waals surface area contributed by atoms with Gasteiger partial charge in [-0.3, -0.25) is 4.79 Å². The zero-order chi connectivity index (χ0) is 9.26. The SMILES string of the molecule is O=C(CC1CNC(=O)O1)NC1CC1. The summed E-state index contributed by atoms with van der Waals surface area (Å²) < 4.78 is 4.82. The third-order valence-corrected chi connectivity index (χ3v) is 2.10. The van der Waals surface area contributed by atoms with Crippen LogP contribution in [-0.4, -0.2) is 30.7 Å². The number of hydrogen-bond acceptors (Lipinski definition) is 3. The molecule has 0 aromatic carbocycles. The van der Waals surface area contributed by atoms with Crippen LogP contribution in [0.3, 0.4) is 0 Å². The molecule has 1 saturated heterocycles. The molecule has 2 amide bonds. The molecule has 1 aliphatic heterocycles. The molecule has 1 heterocycles. The van der Waals surface area contributed by atoms with Crippen molar-refractivity contribution in [1.29, 1.82) is 0 Å². The van der Waals surface area contributed by atoms with E-state index in [0.29, 0.717) is 12.6 Å². The summed E-state index contributed by atoms with van der Waals surface area (Å²) in [7, 11) is 0. The maximum atomic E-state index is 11.2. The molecule has 1 aliphatic carbocycles. The van der Waals surface area contributed by atoms with E-state index >= 15 is 0 Å². The highest BCUT2D eigenvalue weighted by Crippen LogP contribution is 2.19. The summed E-state index contributed by atoms with van der Waals surface area (Å²) >= 11 is 0. The average Bonchev–Trinajstić information content (AvgIpc) is 2.76. The van der Waals surface area contributed by atoms with Crippen molar-refractivity contribution < 1.29 is 14.3 Å². The molecule has 2 aliphatic rings. The molecule has 0 aromatic heterocycles. The smallest absolute Gasteiger partial charge is 0.407 e. The molecule has 1 unspecified atom stereocenters. The first-order chi connectivity index (χ1) is 6.24. The van der Waals surface area contributed by atoms with Gasteiger partial charge in [0.2, 0.25) is 5.91 Å². The highest BCUT2D eigenvalue weighted by atomic mass is 16.6. The van der Waals surface area contributed by atoms with E-state index in [1.165, 1.54) is 0 Å². The lowest BCUT2D eigenvalue weighted by molar-refractivity contribution is -0.122. The van der Waals surface area contributed by atoms with Crippen LogP contribution in [0.5, 0.6) is 0 Å². The Balaban J connectivity index is 1.70. The zero-order valence-corrected chi connectivity index (χ0v) is 7.21. The summed E-state index contributed by atoms with van der Waals surface area (Å²) in [6.07, 6.45) is 1.72. The van der Waals surface area contributed by atoms with E-state index in [4.69, 9.17) is 4.74 Å². The van der Waals surface area contributed by atoms with Crippen molar-refractivity contribution in [3.8, 4) is 0 Å². The van der Waals surface area contributed by atoms with E-state index in [1.807, 2.05) is 0 Å². The molecule has 1 atom stereocenters.